The summed E-state index contributed by atoms with van der Waals surface area (Å²) in [5.74, 6) is 0.104. The predicted octanol–water partition coefficient (Wildman–Crippen LogP) is 4.89. The number of hydrogen-bond donors (Lipinski definition) is 1. The number of ether oxygens (including phenoxy) is 1. The Morgan fingerprint density at radius 3 is 2.64 bits per heavy atom. The van der Waals surface area contributed by atoms with Gasteiger partial charge >= 0.3 is 6.18 Å². The third-order valence-electron chi connectivity index (χ3n) is 6.90. The minimum Gasteiger partial charge on any atom is -0.383 e. The molecule has 39 heavy (non-hydrogen) atoms. The van der Waals surface area contributed by atoms with E-state index < -0.39 is 11.7 Å². The smallest absolute Gasteiger partial charge is 0.383 e. The molecule has 0 unspecified atom stereocenters. The average molecular weight is 536 g/mol. The molecule has 0 aliphatic carbocycles. The van der Waals surface area contributed by atoms with E-state index in [9.17, 15) is 18.0 Å². The van der Waals surface area contributed by atoms with Crippen LogP contribution in [0.1, 0.15) is 45.4 Å². The molecule has 0 atom stereocenters. The molecule has 0 fully saturated rings. The van der Waals surface area contributed by atoms with Crippen molar-refractivity contribution in [2.24, 2.45) is 0 Å². The number of benzene rings is 1. The summed E-state index contributed by atoms with van der Waals surface area (Å²) in [6.45, 7) is 5.12. The number of hydrogen-bond acceptors (Lipinski definition) is 6. The number of alkyl halides is 3. The van der Waals surface area contributed by atoms with E-state index in [-0.39, 0.29) is 12.5 Å². The highest BCUT2D eigenvalue weighted by Gasteiger charge is 2.31. The van der Waals surface area contributed by atoms with E-state index in [1.54, 1.807) is 40.9 Å². The Bertz CT molecular complexity index is 1760. The summed E-state index contributed by atoms with van der Waals surface area (Å²) >= 11 is 0. The molecule has 0 saturated heterocycles. The van der Waals surface area contributed by atoms with Crippen molar-refractivity contribution in [3.63, 3.8) is 0 Å². The molecule has 1 aromatic carbocycles. The number of imidazole rings is 1. The number of amides is 1. The lowest BCUT2D eigenvalue weighted by Gasteiger charge is -2.21. The molecule has 200 valence electrons. The molecule has 1 aliphatic rings. The number of nitrogens with zero attached hydrogens (tertiary/aromatic N) is 6. The highest BCUT2D eigenvalue weighted by Crippen LogP contribution is 2.33. The first-order valence-corrected chi connectivity index (χ1v) is 12.3. The third-order valence-corrected chi connectivity index (χ3v) is 6.90. The van der Waals surface area contributed by atoms with Crippen molar-refractivity contribution in [3.8, 4) is 0 Å². The normalized spacial score (nSPS) is 13.4. The number of halogens is 3. The zero-order valence-corrected chi connectivity index (χ0v) is 21.2. The first-order chi connectivity index (χ1) is 18.6. The quantitative estimate of drug-likeness (QED) is 0.344. The van der Waals surface area contributed by atoms with Gasteiger partial charge in [-0.25, -0.2) is 9.97 Å². The largest absolute Gasteiger partial charge is 0.417 e. The maximum atomic E-state index is 14.0. The van der Waals surface area contributed by atoms with Gasteiger partial charge in [0.15, 0.2) is 0 Å². The maximum Gasteiger partial charge on any atom is 0.417 e. The number of carbonyl (C=O) groups excluding carboxylic acids is 1. The van der Waals surface area contributed by atoms with Gasteiger partial charge in [-0.15, -0.1) is 0 Å². The van der Waals surface area contributed by atoms with Gasteiger partial charge in [-0.1, -0.05) is 0 Å². The Kier molecular flexibility index (Phi) is 5.79. The van der Waals surface area contributed by atoms with Gasteiger partial charge in [0.05, 0.1) is 47.9 Å². The summed E-state index contributed by atoms with van der Waals surface area (Å²) in [4.78, 5) is 24.5. The number of pyridine rings is 2. The number of aromatic nitrogens is 5. The van der Waals surface area contributed by atoms with Gasteiger partial charge < -0.3 is 14.9 Å². The molecule has 6 rings (SSSR count). The van der Waals surface area contributed by atoms with Crippen LogP contribution in [0.2, 0.25) is 0 Å². The number of aryl methyl sites for hydroxylation is 2. The SMILES string of the molecule is CCn1cc(N(Cc2cn3cc(C(F)(F)F)ccc3n2)C(=O)c2ccc3nc(N)c4c(c3c2)COC4)c(C)n1. The molecule has 5 aromatic rings. The van der Waals surface area contributed by atoms with Gasteiger partial charge in [-0.05, 0) is 49.7 Å². The van der Waals surface area contributed by atoms with Crippen LogP contribution >= 0.6 is 0 Å². The second kappa shape index (κ2) is 9.09. The molecule has 5 heterocycles. The van der Waals surface area contributed by atoms with Crippen LogP contribution in [0.3, 0.4) is 0 Å². The number of anilines is 2. The van der Waals surface area contributed by atoms with E-state index in [2.05, 4.69) is 15.1 Å². The average Bonchev–Trinajstić information content (AvgIpc) is 3.64. The van der Waals surface area contributed by atoms with E-state index in [0.29, 0.717) is 59.4 Å². The molecule has 9 nitrogen and oxygen atoms in total. The molecule has 0 radical (unpaired) electrons. The standard InChI is InChI=1S/C27H24F3N7O2/c1-3-36-12-23(15(2)34-36)37(11-18-10-35-9-17(27(28,29)30)5-7-24(35)32-18)26(38)16-4-6-22-19(8-16)20-13-39-14-21(20)25(31)33-22/h4-10,12H,3,11,13-14H2,1-2H3,(H2,31,33). The fourth-order valence-corrected chi connectivity index (χ4v) is 4.91. The third kappa shape index (κ3) is 4.36. The van der Waals surface area contributed by atoms with Crippen LogP contribution in [-0.2, 0) is 37.2 Å². The first-order valence-electron chi connectivity index (χ1n) is 12.3. The van der Waals surface area contributed by atoms with Gasteiger partial charge in [-0.3, -0.25) is 14.4 Å². The summed E-state index contributed by atoms with van der Waals surface area (Å²) in [6.07, 6.45) is -0.211. The van der Waals surface area contributed by atoms with Crippen molar-refractivity contribution in [1.29, 1.82) is 0 Å². The van der Waals surface area contributed by atoms with Crippen LogP contribution in [0.15, 0.2) is 48.9 Å². The Balaban J connectivity index is 1.42. The van der Waals surface area contributed by atoms with Gasteiger partial charge in [-0.2, -0.15) is 18.3 Å². The predicted molar refractivity (Wildman–Crippen MR) is 138 cm³/mol. The van der Waals surface area contributed by atoms with Crippen molar-refractivity contribution in [2.45, 2.75) is 46.3 Å². The Hall–Kier alpha value is -4.45. The number of nitrogen functional groups attached to an aromatic ring is 1. The van der Waals surface area contributed by atoms with Crippen LogP contribution in [-0.4, -0.2) is 30.1 Å². The lowest BCUT2D eigenvalue weighted by atomic mass is 10.0. The van der Waals surface area contributed by atoms with Crippen molar-refractivity contribution in [2.75, 3.05) is 10.6 Å². The van der Waals surface area contributed by atoms with Crippen LogP contribution in [0, 0.1) is 6.92 Å². The lowest BCUT2D eigenvalue weighted by molar-refractivity contribution is -0.137. The summed E-state index contributed by atoms with van der Waals surface area (Å²) in [6, 6.07) is 7.52. The minimum absolute atomic E-state index is 0.0252. The second-order valence-electron chi connectivity index (χ2n) is 9.44. The Morgan fingerprint density at radius 1 is 1.10 bits per heavy atom. The highest BCUT2D eigenvalue weighted by molar-refractivity contribution is 6.08. The molecular formula is C27H24F3N7O2. The number of rotatable bonds is 5. The number of carbonyl (C=O) groups is 1. The van der Waals surface area contributed by atoms with Crippen LogP contribution < -0.4 is 10.6 Å². The van der Waals surface area contributed by atoms with Crippen molar-refractivity contribution < 1.29 is 22.7 Å². The van der Waals surface area contributed by atoms with E-state index in [4.69, 9.17) is 10.5 Å². The summed E-state index contributed by atoms with van der Waals surface area (Å²) in [5.41, 5.74) is 10.1. The molecule has 1 aliphatic heterocycles. The first kappa shape index (κ1) is 24.9. The monoisotopic (exact) mass is 535 g/mol. The summed E-state index contributed by atoms with van der Waals surface area (Å²) in [5, 5.41) is 5.28. The van der Waals surface area contributed by atoms with Crippen LogP contribution in [0.4, 0.5) is 24.7 Å². The van der Waals surface area contributed by atoms with E-state index in [1.165, 1.54) is 16.7 Å². The molecular weight excluding hydrogens is 511 g/mol. The number of fused-ring (bicyclic) bond motifs is 4. The number of nitrogens with two attached hydrogens (primary N) is 1. The molecule has 0 spiro atoms. The summed E-state index contributed by atoms with van der Waals surface area (Å²) < 4.78 is 48.3. The van der Waals surface area contributed by atoms with Gasteiger partial charge in [0.25, 0.3) is 5.91 Å². The van der Waals surface area contributed by atoms with Gasteiger partial charge in [0.1, 0.15) is 11.5 Å². The second-order valence-corrected chi connectivity index (χ2v) is 9.44. The van der Waals surface area contributed by atoms with Crippen LogP contribution in [0.25, 0.3) is 16.6 Å². The zero-order chi connectivity index (χ0) is 27.5. The van der Waals surface area contributed by atoms with Crippen LogP contribution in [0.5, 0.6) is 0 Å². The molecule has 0 saturated carbocycles. The van der Waals surface area contributed by atoms with E-state index in [1.807, 2.05) is 6.92 Å². The minimum atomic E-state index is -4.48. The Labute approximate surface area is 220 Å². The molecule has 2 N–H and O–H groups in total. The van der Waals surface area contributed by atoms with E-state index >= 15 is 0 Å². The van der Waals surface area contributed by atoms with Gasteiger partial charge in [0.2, 0.25) is 0 Å². The molecule has 1 amide bonds. The Morgan fingerprint density at radius 2 is 1.90 bits per heavy atom. The van der Waals surface area contributed by atoms with E-state index in [0.717, 1.165) is 28.8 Å². The summed E-state index contributed by atoms with van der Waals surface area (Å²) in [7, 11) is 0. The van der Waals surface area contributed by atoms with Crippen molar-refractivity contribution in [3.05, 3.63) is 82.6 Å². The molecule has 4 aromatic heterocycles. The molecule has 12 heteroatoms. The fraction of sp³-hybridized carbons (Fsp3) is 0.259. The lowest BCUT2D eigenvalue weighted by Crippen LogP contribution is -2.31. The zero-order valence-electron chi connectivity index (χ0n) is 21.2. The molecule has 0 bridgehead atoms. The maximum absolute atomic E-state index is 14.0. The van der Waals surface area contributed by atoms with Crippen molar-refractivity contribution in [1.82, 2.24) is 24.1 Å². The fourth-order valence-electron chi connectivity index (χ4n) is 4.91. The topological polar surface area (TPSA) is 104 Å². The highest BCUT2D eigenvalue weighted by atomic mass is 19.4. The van der Waals surface area contributed by atoms with Crippen molar-refractivity contribution >= 4 is 34.0 Å². The van der Waals surface area contributed by atoms with Gasteiger partial charge in [0, 0.05) is 41.6 Å².